The van der Waals surface area contributed by atoms with Gasteiger partial charge in [-0.1, -0.05) is 0 Å². The van der Waals surface area contributed by atoms with Gasteiger partial charge in [-0.05, 0) is 19.1 Å². The average molecular weight is 286 g/mol. The maximum Gasteiger partial charge on any atom is 0.347 e. The summed E-state index contributed by atoms with van der Waals surface area (Å²) < 4.78 is 21.2. The van der Waals surface area contributed by atoms with Crippen LogP contribution < -0.4 is 15.1 Å². The normalized spacial score (nSPS) is 10.8. The van der Waals surface area contributed by atoms with Gasteiger partial charge < -0.3 is 18.3 Å². The van der Waals surface area contributed by atoms with E-state index in [4.69, 9.17) is 18.3 Å². The summed E-state index contributed by atoms with van der Waals surface area (Å²) in [5.74, 6) is 1.63. The fourth-order valence-electron chi connectivity index (χ4n) is 2.22. The number of hydrogen-bond acceptors (Lipinski definition) is 5. The van der Waals surface area contributed by atoms with Crippen molar-refractivity contribution in [1.82, 2.24) is 0 Å². The second kappa shape index (κ2) is 5.01. The van der Waals surface area contributed by atoms with Crippen LogP contribution in [0, 0.1) is 6.92 Å². The SMILES string of the molecule is COc1cc(OC)cc(-c2cc3occ(C)c3c(=O)o2)c1. The molecule has 0 saturated carbocycles. The van der Waals surface area contributed by atoms with Crippen LogP contribution in [-0.4, -0.2) is 14.2 Å². The lowest BCUT2D eigenvalue weighted by Crippen LogP contribution is -2.00. The molecule has 0 N–H and O–H groups in total. The predicted octanol–water partition coefficient (Wildman–Crippen LogP) is 3.38. The molecule has 2 aromatic heterocycles. The van der Waals surface area contributed by atoms with E-state index in [-0.39, 0.29) is 0 Å². The lowest BCUT2D eigenvalue weighted by molar-refractivity contribution is 0.394. The van der Waals surface area contributed by atoms with Crippen LogP contribution in [0.15, 0.2) is 44.2 Å². The highest BCUT2D eigenvalue weighted by Crippen LogP contribution is 2.31. The minimum atomic E-state index is -0.421. The number of benzene rings is 1. The maximum atomic E-state index is 12.1. The van der Waals surface area contributed by atoms with E-state index in [1.807, 2.05) is 0 Å². The summed E-state index contributed by atoms with van der Waals surface area (Å²) in [6, 6.07) is 6.97. The molecule has 0 spiro atoms. The molecule has 1 aromatic carbocycles. The van der Waals surface area contributed by atoms with Crippen molar-refractivity contribution in [3.05, 3.63) is 46.5 Å². The largest absolute Gasteiger partial charge is 0.497 e. The summed E-state index contributed by atoms with van der Waals surface area (Å²) in [5, 5.41) is 0.466. The zero-order valence-corrected chi connectivity index (χ0v) is 11.9. The molecule has 108 valence electrons. The van der Waals surface area contributed by atoms with Gasteiger partial charge in [-0.15, -0.1) is 0 Å². The zero-order valence-electron chi connectivity index (χ0n) is 11.9. The number of aryl methyl sites for hydroxylation is 1. The van der Waals surface area contributed by atoms with Gasteiger partial charge in [0, 0.05) is 23.3 Å². The molecule has 3 rings (SSSR count). The molecule has 0 fully saturated rings. The van der Waals surface area contributed by atoms with Gasteiger partial charge in [-0.25, -0.2) is 4.79 Å². The summed E-state index contributed by atoms with van der Waals surface area (Å²) in [7, 11) is 3.13. The highest BCUT2D eigenvalue weighted by atomic mass is 16.5. The topological polar surface area (TPSA) is 61.8 Å². The van der Waals surface area contributed by atoms with E-state index < -0.39 is 5.63 Å². The fourth-order valence-corrected chi connectivity index (χ4v) is 2.22. The smallest absolute Gasteiger partial charge is 0.347 e. The van der Waals surface area contributed by atoms with E-state index in [1.165, 1.54) is 6.26 Å². The molecule has 3 aromatic rings. The average Bonchev–Trinajstić information content (AvgIpc) is 2.88. The van der Waals surface area contributed by atoms with E-state index >= 15 is 0 Å². The maximum absolute atomic E-state index is 12.1. The first kappa shape index (κ1) is 13.3. The van der Waals surface area contributed by atoms with Gasteiger partial charge in [0.1, 0.15) is 28.2 Å². The Morgan fingerprint density at radius 2 is 1.67 bits per heavy atom. The van der Waals surface area contributed by atoms with Gasteiger partial charge in [-0.2, -0.15) is 0 Å². The van der Waals surface area contributed by atoms with Crippen molar-refractivity contribution in [3.8, 4) is 22.8 Å². The van der Waals surface area contributed by atoms with E-state index in [2.05, 4.69) is 0 Å². The highest BCUT2D eigenvalue weighted by Gasteiger charge is 2.13. The molecule has 2 heterocycles. The van der Waals surface area contributed by atoms with Crippen molar-refractivity contribution >= 4 is 11.0 Å². The van der Waals surface area contributed by atoms with Gasteiger partial charge in [0.25, 0.3) is 0 Å². The third-order valence-corrected chi connectivity index (χ3v) is 3.31. The first-order valence-electron chi connectivity index (χ1n) is 6.38. The van der Waals surface area contributed by atoms with Crippen LogP contribution in [0.4, 0.5) is 0 Å². The van der Waals surface area contributed by atoms with E-state index in [1.54, 1.807) is 45.4 Å². The van der Waals surface area contributed by atoms with Crippen LogP contribution in [0.5, 0.6) is 11.5 Å². The first-order chi connectivity index (χ1) is 10.1. The molecule has 0 aliphatic carbocycles. The standard InChI is InChI=1S/C16H14O5/c1-9-8-20-14-7-13(21-16(17)15(9)14)10-4-11(18-2)6-12(5-10)19-3/h4-8H,1-3H3. The highest BCUT2D eigenvalue weighted by molar-refractivity contribution is 5.82. The van der Waals surface area contributed by atoms with Crippen molar-refractivity contribution in [3.63, 3.8) is 0 Å². The lowest BCUT2D eigenvalue weighted by Gasteiger charge is -2.07. The minimum absolute atomic E-state index is 0.402. The number of ether oxygens (including phenoxy) is 2. The van der Waals surface area contributed by atoms with Gasteiger partial charge in [0.15, 0.2) is 0 Å². The Hall–Kier alpha value is -2.69. The second-order valence-corrected chi connectivity index (χ2v) is 4.66. The molecule has 0 atom stereocenters. The van der Waals surface area contributed by atoms with E-state index in [0.29, 0.717) is 33.8 Å². The molecule has 0 aliphatic rings. The predicted molar refractivity (Wildman–Crippen MR) is 78.0 cm³/mol. The third-order valence-electron chi connectivity index (χ3n) is 3.31. The van der Waals surface area contributed by atoms with Crippen LogP contribution in [0.1, 0.15) is 5.56 Å². The minimum Gasteiger partial charge on any atom is -0.497 e. The molecule has 0 saturated heterocycles. The second-order valence-electron chi connectivity index (χ2n) is 4.66. The van der Waals surface area contributed by atoms with Crippen LogP contribution >= 0.6 is 0 Å². The number of fused-ring (bicyclic) bond motifs is 1. The van der Waals surface area contributed by atoms with Gasteiger partial charge in [0.2, 0.25) is 0 Å². The zero-order chi connectivity index (χ0) is 15.0. The molecule has 5 heteroatoms. The Morgan fingerprint density at radius 1 is 1.00 bits per heavy atom. The van der Waals surface area contributed by atoms with Crippen molar-refractivity contribution in [1.29, 1.82) is 0 Å². The van der Waals surface area contributed by atoms with Gasteiger partial charge in [0.05, 0.1) is 20.5 Å². The lowest BCUT2D eigenvalue weighted by atomic mass is 10.1. The van der Waals surface area contributed by atoms with E-state index in [0.717, 1.165) is 5.56 Å². The van der Waals surface area contributed by atoms with Crippen molar-refractivity contribution in [2.75, 3.05) is 14.2 Å². The van der Waals surface area contributed by atoms with E-state index in [9.17, 15) is 4.79 Å². The Labute approximate surface area is 120 Å². The molecule has 0 radical (unpaired) electrons. The Kier molecular flexibility index (Phi) is 3.17. The molecule has 0 bridgehead atoms. The molecule has 5 nitrogen and oxygen atoms in total. The Balaban J connectivity index is 2.22. The number of methoxy groups -OCH3 is 2. The van der Waals surface area contributed by atoms with Crippen molar-refractivity contribution < 1.29 is 18.3 Å². The summed E-state index contributed by atoms with van der Waals surface area (Å²) in [6.07, 6.45) is 1.54. The Morgan fingerprint density at radius 3 is 2.29 bits per heavy atom. The summed E-state index contributed by atoms with van der Waals surface area (Å²) in [4.78, 5) is 12.1. The third kappa shape index (κ3) is 2.27. The molecule has 0 aliphatic heterocycles. The quantitative estimate of drug-likeness (QED) is 0.738. The summed E-state index contributed by atoms with van der Waals surface area (Å²) in [5.41, 5.74) is 1.52. The Bertz CT molecular complexity index is 834. The van der Waals surface area contributed by atoms with Crippen LogP contribution in [-0.2, 0) is 0 Å². The van der Waals surface area contributed by atoms with Crippen LogP contribution in [0.25, 0.3) is 22.3 Å². The van der Waals surface area contributed by atoms with Crippen molar-refractivity contribution in [2.45, 2.75) is 6.92 Å². The summed E-state index contributed by atoms with van der Waals surface area (Å²) >= 11 is 0. The summed E-state index contributed by atoms with van der Waals surface area (Å²) in [6.45, 7) is 1.80. The fraction of sp³-hybridized carbons (Fsp3) is 0.188. The number of furan rings is 1. The monoisotopic (exact) mass is 286 g/mol. The molecule has 0 unspecified atom stereocenters. The van der Waals surface area contributed by atoms with Crippen LogP contribution in [0.2, 0.25) is 0 Å². The molecule has 0 amide bonds. The molecular weight excluding hydrogens is 272 g/mol. The van der Waals surface area contributed by atoms with Gasteiger partial charge >= 0.3 is 5.63 Å². The van der Waals surface area contributed by atoms with Crippen molar-refractivity contribution in [2.24, 2.45) is 0 Å². The number of hydrogen-bond donors (Lipinski definition) is 0. The van der Waals surface area contributed by atoms with Crippen LogP contribution in [0.3, 0.4) is 0 Å². The first-order valence-corrected chi connectivity index (χ1v) is 6.38. The number of rotatable bonds is 3. The van der Waals surface area contributed by atoms with Gasteiger partial charge in [-0.3, -0.25) is 0 Å². The molecule has 21 heavy (non-hydrogen) atoms. The molecular formula is C16H14O5.